The van der Waals surface area contributed by atoms with Gasteiger partial charge in [0.05, 0.1) is 7.11 Å². The molecule has 14 heavy (non-hydrogen) atoms. The third-order valence-electron chi connectivity index (χ3n) is 2.58. The molecule has 0 N–H and O–H groups in total. The summed E-state index contributed by atoms with van der Waals surface area (Å²) in [6, 6.07) is 4.41. The summed E-state index contributed by atoms with van der Waals surface area (Å²) >= 11 is 0. The number of hydrogen-bond donors (Lipinski definition) is 0. The molecular weight excluding hydrogens is 176 g/mol. The normalized spacial score (nSPS) is 10.6. The van der Waals surface area contributed by atoms with Crippen molar-refractivity contribution in [3.63, 3.8) is 0 Å². The Hall–Kier alpha value is -0.860. The molecule has 0 spiro atoms. The van der Waals surface area contributed by atoms with Crippen molar-refractivity contribution in [3.8, 4) is 0 Å². The van der Waals surface area contributed by atoms with Crippen LogP contribution in [0, 0.1) is 13.8 Å². The van der Waals surface area contributed by atoms with Gasteiger partial charge in [0.15, 0.2) is 0 Å². The van der Waals surface area contributed by atoms with Crippen LogP contribution in [0.1, 0.15) is 29.2 Å². The number of rotatable bonds is 4. The summed E-state index contributed by atoms with van der Waals surface area (Å²) in [5.74, 6) is 0. The number of aryl methyl sites for hydroxylation is 2. The van der Waals surface area contributed by atoms with Gasteiger partial charge in [-0.05, 0) is 42.5 Å². The van der Waals surface area contributed by atoms with Gasteiger partial charge in [-0.3, -0.25) is 0 Å². The maximum Gasteiger partial charge on any atom is 0.108 e. The number of hydrogen-bond acceptors (Lipinski definition) is 2. The first kappa shape index (κ1) is 11.2. The lowest BCUT2D eigenvalue weighted by Crippen LogP contribution is -1.98. The van der Waals surface area contributed by atoms with Crippen molar-refractivity contribution in [2.24, 2.45) is 0 Å². The largest absolute Gasteiger partial charge is 0.240 e. The highest BCUT2D eigenvalue weighted by atomic mass is 17.2. The molecule has 0 unspecified atom stereocenters. The lowest BCUT2D eigenvalue weighted by atomic mass is 9.99. The molecule has 0 amide bonds. The molecule has 1 aromatic carbocycles. The first-order valence-corrected chi connectivity index (χ1v) is 4.93. The molecule has 0 aromatic heterocycles. The van der Waals surface area contributed by atoms with Gasteiger partial charge in [-0.1, -0.05) is 19.1 Å². The van der Waals surface area contributed by atoms with Crippen molar-refractivity contribution in [2.45, 2.75) is 33.8 Å². The molecule has 2 nitrogen and oxygen atoms in total. The SMILES string of the molecule is CCc1cc(C)c(C)c(COOC)c1. The zero-order valence-electron chi connectivity index (χ0n) is 9.39. The average molecular weight is 194 g/mol. The molecular formula is C12H18O2. The molecule has 0 aliphatic carbocycles. The van der Waals surface area contributed by atoms with E-state index >= 15 is 0 Å². The zero-order chi connectivity index (χ0) is 10.6. The van der Waals surface area contributed by atoms with Crippen LogP contribution in [0.4, 0.5) is 0 Å². The van der Waals surface area contributed by atoms with Crippen LogP contribution in [0.5, 0.6) is 0 Å². The summed E-state index contributed by atoms with van der Waals surface area (Å²) in [6.07, 6.45) is 1.06. The van der Waals surface area contributed by atoms with Gasteiger partial charge in [-0.25, -0.2) is 9.78 Å². The predicted molar refractivity (Wildman–Crippen MR) is 57.1 cm³/mol. The summed E-state index contributed by atoms with van der Waals surface area (Å²) in [5.41, 5.74) is 5.17. The second-order valence-electron chi connectivity index (χ2n) is 3.48. The molecule has 0 fully saturated rings. The summed E-state index contributed by atoms with van der Waals surface area (Å²) in [5, 5.41) is 0. The molecule has 0 heterocycles. The van der Waals surface area contributed by atoms with Crippen LogP contribution in [-0.2, 0) is 22.8 Å². The summed E-state index contributed by atoms with van der Waals surface area (Å²) in [4.78, 5) is 9.57. The highest BCUT2D eigenvalue weighted by Crippen LogP contribution is 2.17. The molecule has 1 aromatic rings. The molecule has 0 saturated carbocycles. The Morgan fingerprint density at radius 3 is 2.50 bits per heavy atom. The second-order valence-corrected chi connectivity index (χ2v) is 3.48. The van der Waals surface area contributed by atoms with Crippen molar-refractivity contribution in [1.29, 1.82) is 0 Å². The Kier molecular flexibility index (Phi) is 4.11. The van der Waals surface area contributed by atoms with Crippen molar-refractivity contribution >= 4 is 0 Å². The van der Waals surface area contributed by atoms with E-state index in [-0.39, 0.29) is 0 Å². The number of benzene rings is 1. The molecule has 2 heteroatoms. The molecule has 0 bridgehead atoms. The van der Waals surface area contributed by atoms with E-state index < -0.39 is 0 Å². The van der Waals surface area contributed by atoms with E-state index in [2.05, 4.69) is 37.8 Å². The Bertz CT molecular complexity index is 305. The van der Waals surface area contributed by atoms with Gasteiger partial charge in [0.25, 0.3) is 0 Å². The second kappa shape index (κ2) is 5.13. The third kappa shape index (κ3) is 2.56. The fourth-order valence-electron chi connectivity index (χ4n) is 1.49. The van der Waals surface area contributed by atoms with Crippen molar-refractivity contribution in [3.05, 3.63) is 34.4 Å². The lowest BCUT2D eigenvalue weighted by Gasteiger charge is -2.10. The van der Waals surface area contributed by atoms with Crippen LogP contribution >= 0.6 is 0 Å². The summed E-state index contributed by atoms with van der Waals surface area (Å²) in [7, 11) is 1.53. The third-order valence-corrected chi connectivity index (χ3v) is 2.58. The zero-order valence-corrected chi connectivity index (χ0v) is 9.39. The minimum atomic E-state index is 0.525. The van der Waals surface area contributed by atoms with Crippen LogP contribution in [-0.4, -0.2) is 7.11 Å². The van der Waals surface area contributed by atoms with E-state index in [1.807, 2.05) is 0 Å². The van der Waals surface area contributed by atoms with Gasteiger partial charge in [0, 0.05) is 0 Å². The maximum atomic E-state index is 4.95. The first-order valence-electron chi connectivity index (χ1n) is 4.93. The first-order chi connectivity index (χ1) is 6.69. The molecule has 0 aliphatic heterocycles. The van der Waals surface area contributed by atoms with Crippen LogP contribution in [0.3, 0.4) is 0 Å². The van der Waals surface area contributed by atoms with Crippen LogP contribution in [0.2, 0.25) is 0 Å². The predicted octanol–water partition coefficient (Wildman–Crippen LogP) is 2.94. The van der Waals surface area contributed by atoms with Crippen LogP contribution < -0.4 is 0 Å². The van der Waals surface area contributed by atoms with Gasteiger partial charge >= 0.3 is 0 Å². The van der Waals surface area contributed by atoms with Crippen molar-refractivity contribution < 1.29 is 9.78 Å². The minimum absolute atomic E-state index is 0.525. The monoisotopic (exact) mass is 194 g/mol. The molecule has 1 rings (SSSR count). The summed E-state index contributed by atoms with van der Waals surface area (Å²) < 4.78 is 0. The Labute approximate surface area is 85.8 Å². The van der Waals surface area contributed by atoms with E-state index in [0.29, 0.717) is 6.61 Å². The van der Waals surface area contributed by atoms with Crippen LogP contribution in [0.15, 0.2) is 12.1 Å². The standard InChI is InChI=1S/C12H18O2/c1-5-11-6-9(2)10(3)12(7-11)8-14-13-4/h6-7H,5,8H2,1-4H3. The molecule has 0 saturated heterocycles. The van der Waals surface area contributed by atoms with Gasteiger partial charge in [0.2, 0.25) is 0 Å². The quantitative estimate of drug-likeness (QED) is 0.542. The van der Waals surface area contributed by atoms with E-state index in [1.165, 1.54) is 29.4 Å². The molecule has 78 valence electrons. The fourth-order valence-corrected chi connectivity index (χ4v) is 1.49. The van der Waals surface area contributed by atoms with Gasteiger partial charge in [-0.15, -0.1) is 0 Å². The minimum Gasteiger partial charge on any atom is -0.240 e. The Balaban J connectivity index is 2.95. The highest BCUT2D eigenvalue weighted by Gasteiger charge is 2.03. The smallest absolute Gasteiger partial charge is 0.108 e. The van der Waals surface area contributed by atoms with Gasteiger partial charge in [0.1, 0.15) is 6.61 Å². The van der Waals surface area contributed by atoms with E-state index in [1.54, 1.807) is 0 Å². The van der Waals surface area contributed by atoms with Gasteiger partial charge in [-0.2, -0.15) is 0 Å². The van der Waals surface area contributed by atoms with Crippen LogP contribution in [0.25, 0.3) is 0 Å². The van der Waals surface area contributed by atoms with Crippen molar-refractivity contribution in [1.82, 2.24) is 0 Å². The molecule has 0 aliphatic rings. The van der Waals surface area contributed by atoms with Gasteiger partial charge < -0.3 is 0 Å². The topological polar surface area (TPSA) is 18.5 Å². The Morgan fingerprint density at radius 2 is 1.93 bits per heavy atom. The highest BCUT2D eigenvalue weighted by molar-refractivity contribution is 5.37. The molecule has 0 radical (unpaired) electrons. The van der Waals surface area contributed by atoms with Crippen molar-refractivity contribution in [2.75, 3.05) is 7.11 Å². The lowest BCUT2D eigenvalue weighted by molar-refractivity contribution is -0.282. The van der Waals surface area contributed by atoms with E-state index in [4.69, 9.17) is 4.89 Å². The summed E-state index contributed by atoms with van der Waals surface area (Å²) in [6.45, 7) is 6.93. The Morgan fingerprint density at radius 1 is 1.21 bits per heavy atom. The molecule has 0 atom stereocenters. The average Bonchev–Trinajstić information content (AvgIpc) is 2.20. The fraction of sp³-hybridized carbons (Fsp3) is 0.500. The maximum absolute atomic E-state index is 4.95. The van der Waals surface area contributed by atoms with E-state index in [0.717, 1.165) is 6.42 Å². The van der Waals surface area contributed by atoms with E-state index in [9.17, 15) is 0 Å².